The predicted octanol–water partition coefficient (Wildman–Crippen LogP) is 2.86. The van der Waals surface area contributed by atoms with Crippen LogP contribution in [0.25, 0.3) is 0 Å². The van der Waals surface area contributed by atoms with Gasteiger partial charge >= 0.3 is 0 Å². The Morgan fingerprint density at radius 1 is 1.08 bits per heavy atom. The molecule has 0 bridgehead atoms. The molecule has 5 nitrogen and oxygen atoms in total. The van der Waals surface area contributed by atoms with Gasteiger partial charge in [0.1, 0.15) is 0 Å². The normalized spacial score (nSPS) is 19.7. The maximum atomic E-state index is 13.0. The standard InChI is InChI=1S/C19H25N3O2S/c23-25(24,19-6-5-17-3-1-2-4-18(17)13-19)22-10-7-16(8-11-22)14-21-12-9-20-15-21/h5-6,9,12-13,15-16H,1-4,7-8,10-11,14H2. The number of benzene rings is 1. The summed E-state index contributed by atoms with van der Waals surface area (Å²) in [4.78, 5) is 4.55. The quantitative estimate of drug-likeness (QED) is 0.843. The third-order valence-electron chi connectivity index (χ3n) is 5.56. The Bertz CT molecular complexity index is 822. The van der Waals surface area contributed by atoms with Gasteiger partial charge in [-0.05, 0) is 67.7 Å². The lowest BCUT2D eigenvalue weighted by Crippen LogP contribution is -2.39. The van der Waals surface area contributed by atoms with Crippen molar-refractivity contribution in [2.45, 2.75) is 50.0 Å². The molecule has 1 aromatic carbocycles. The first-order valence-corrected chi connectivity index (χ1v) is 10.6. The Labute approximate surface area is 149 Å². The van der Waals surface area contributed by atoms with E-state index in [0.29, 0.717) is 23.9 Å². The third-order valence-corrected chi connectivity index (χ3v) is 7.45. The van der Waals surface area contributed by atoms with E-state index >= 15 is 0 Å². The first-order valence-electron chi connectivity index (χ1n) is 9.20. The minimum Gasteiger partial charge on any atom is -0.337 e. The lowest BCUT2D eigenvalue weighted by Gasteiger charge is -2.31. The van der Waals surface area contributed by atoms with Crippen molar-refractivity contribution in [1.29, 1.82) is 0 Å². The minimum atomic E-state index is -3.37. The van der Waals surface area contributed by atoms with Crippen molar-refractivity contribution in [1.82, 2.24) is 13.9 Å². The number of sulfonamides is 1. The van der Waals surface area contributed by atoms with Crippen molar-refractivity contribution in [3.63, 3.8) is 0 Å². The number of hydrogen-bond acceptors (Lipinski definition) is 3. The highest BCUT2D eigenvalue weighted by Gasteiger charge is 2.30. The molecule has 1 aliphatic carbocycles. The Kier molecular flexibility index (Phi) is 4.65. The highest BCUT2D eigenvalue weighted by atomic mass is 32.2. The van der Waals surface area contributed by atoms with Crippen LogP contribution in [0, 0.1) is 5.92 Å². The van der Waals surface area contributed by atoms with Crippen LogP contribution in [0.2, 0.25) is 0 Å². The first-order chi connectivity index (χ1) is 12.1. The molecule has 2 aliphatic rings. The number of imidazole rings is 1. The molecule has 25 heavy (non-hydrogen) atoms. The second kappa shape index (κ2) is 6.92. The topological polar surface area (TPSA) is 55.2 Å². The summed E-state index contributed by atoms with van der Waals surface area (Å²) < 4.78 is 29.8. The molecule has 4 rings (SSSR count). The van der Waals surface area contributed by atoms with Gasteiger partial charge in [0.05, 0.1) is 11.2 Å². The molecule has 0 N–H and O–H groups in total. The lowest BCUT2D eigenvalue weighted by atomic mass is 9.92. The smallest absolute Gasteiger partial charge is 0.243 e. The molecule has 2 heterocycles. The highest BCUT2D eigenvalue weighted by Crippen LogP contribution is 2.28. The molecule has 6 heteroatoms. The van der Waals surface area contributed by atoms with E-state index in [4.69, 9.17) is 0 Å². The molecule has 134 valence electrons. The van der Waals surface area contributed by atoms with E-state index in [1.54, 1.807) is 16.6 Å². The lowest BCUT2D eigenvalue weighted by molar-refractivity contribution is 0.253. The average Bonchev–Trinajstić information content (AvgIpc) is 3.15. The second-order valence-electron chi connectivity index (χ2n) is 7.24. The minimum absolute atomic E-state index is 0.473. The predicted molar refractivity (Wildman–Crippen MR) is 96.8 cm³/mol. The Balaban J connectivity index is 1.44. The van der Waals surface area contributed by atoms with Crippen molar-refractivity contribution in [2.75, 3.05) is 13.1 Å². The number of fused-ring (bicyclic) bond motifs is 1. The zero-order chi connectivity index (χ0) is 17.3. The number of hydrogen-bond donors (Lipinski definition) is 0. The van der Waals surface area contributed by atoms with Gasteiger partial charge in [-0.2, -0.15) is 4.31 Å². The Morgan fingerprint density at radius 2 is 1.84 bits per heavy atom. The molecular weight excluding hydrogens is 334 g/mol. The molecular formula is C19H25N3O2S. The van der Waals surface area contributed by atoms with Gasteiger partial charge in [-0.3, -0.25) is 0 Å². The average molecular weight is 359 g/mol. The van der Waals surface area contributed by atoms with Crippen molar-refractivity contribution < 1.29 is 8.42 Å². The molecule has 1 aromatic heterocycles. The van der Waals surface area contributed by atoms with E-state index < -0.39 is 10.0 Å². The molecule has 0 spiro atoms. The molecule has 0 atom stereocenters. The molecule has 0 unspecified atom stereocenters. The van der Waals surface area contributed by atoms with Crippen molar-refractivity contribution >= 4 is 10.0 Å². The van der Waals surface area contributed by atoms with Crippen LogP contribution in [0.5, 0.6) is 0 Å². The van der Waals surface area contributed by atoms with Gasteiger partial charge in [0.25, 0.3) is 0 Å². The zero-order valence-corrected chi connectivity index (χ0v) is 15.3. The van der Waals surface area contributed by atoms with Crippen LogP contribution in [-0.4, -0.2) is 35.4 Å². The Morgan fingerprint density at radius 3 is 2.56 bits per heavy atom. The second-order valence-corrected chi connectivity index (χ2v) is 9.18. The van der Waals surface area contributed by atoms with Gasteiger partial charge in [0, 0.05) is 32.0 Å². The Hall–Kier alpha value is -1.66. The maximum absolute atomic E-state index is 13.0. The third kappa shape index (κ3) is 3.51. The van der Waals surface area contributed by atoms with Crippen LogP contribution in [-0.2, 0) is 29.4 Å². The maximum Gasteiger partial charge on any atom is 0.243 e. The van der Waals surface area contributed by atoms with Crippen molar-refractivity contribution in [2.24, 2.45) is 5.92 Å². The van der Waals surface area contributed by atoms with Gasteiger partial charge in [-0.15, -0.1) is 0 Å². The van der Waals surface area contributed by atoms with Gasteiger partial charge in [-0.25, -0.2) is 13.4 Å². The summed E-state index contributed by atoms with van der Waals surface area (Å²) in [6.45, 7) is 2.14. The molecule has 1 saturated heterocycles. The first kappa shape index (κ1) is 16.8. The summed E-state index contributed by atoms with van der Waals surface area (Å²) in [6.07, 6.45) is 11.9. The van der Waals surface area contributed by atoms with E-state index in [0.717, 1.165) is 38.6 Å². The van der Waals surface area contributed by atoms with Crippen LogP contribution in [0.1, 0.15) is 36.8 Å². The summed E-state index contributed by atoms with van der Waals surface area (Å²) >= 11 is 0. The zero-order valence-electron chi connectivity index (χ0n) is 14.5. The van der Waals surface area contributed by atoms with Crippen molar-refractivity contribution in [3.05, 3.63) is 48.0 Å². The fraction of sp³-hybridized carbons (Fsp3) is 0.526. The number of nitrogens with zero attached hydrogens (tertiary/aromatic N) is 3. The van der Waals surface area contributed by atoms with Crippen LogP contribution in [0.4, 0.5) is 0 Å². The summed E-state index contributed by atoms with van der Waals surface area (Å²) in [5.74, 6) is 0.518. The summed E-state index contributed by atoms with van der Waals surface area (Å²) in [6, 6.07) is 5.74. The molecule has 1 aliphatic heterocycles. The molecule has 0 saturated carbocycles. The van der Waals surface area contributed by atoms with E-state index in [1.165, 1.54) is 17.5 Å². The highest BCUT2D eigenvalue weighted by molar-refractivity contribution is 7.89. The van der Waals surface area contributed by atoms with Gasteiger partial charge < -0.3 is 4.57 Å². The number of aromatic nitrogens is 2. The van der Waals surface area contributed by atoms with Crippen molar-refractivity contribution in [3.8, 4) is 0 Å². The molecule has 0 amide bonds. The largest absolute Gasteiger partial charge is 0.337 e. The van der Waals surface area contributed by atoms with Gasteiger partial charge in [0.15, 0.2) is 0 Å². The summed E-state index contributed by atoms with van der Waals surface area (Å²) in [7, 11) is -3.37. The van der Waals surface area contributed by atoms with Crippen LogP contribution >= 0.6 is 0 Å². The SMILES string of the molecule is O=S(=O)(c1ccc2c(c1)CCCC2)N1CCC(Cn2ccnc2)CC1. The molecule has 2 aromatic rings. The summed E-state index contributed by atoms with van der Waals surface area (Å²) in [5, 5.41) is 0. The molecule has 1 fully saturated rings. The van der Waals surface area contributed by atoms with E-state index in [2.05, 4.69) is 9.55 Å². The number of aryl methyl sites for hydroxylation is 2. The van der Waals surface area contributed by atoms with Crippen LogP contribution in [0.3, 0.4) is 0 Å². The molecule has 0 radical (unpaired) electrons. The monoisotopic (exact) mass is 359 g/mol. The van der Waals surface area contributed by atoms with E-state index in [1.807, 2.05) is 24.7 Å². The van der Waals surface area contributed by atoms with Gasteiger partial charge in [0.2, 0.25) is 10.0 Å². The van der Waals surface area contributed by atoms with Gasteiger partial charge in [-0.1, -0.05) is 6.07 Å². The van der Waals surface area contributed by atoms with E-state index in [-0.39, 0.29) is 0 Å². The van der Waals surface area contributed by atoms with E-state index in [9.17, 15) is 8.42 Å². The number of piperidine rings is 1. The fourth-order valence-electron chi connectivity index (χ4n) is 4.04. The fourth-order valence-corrected chi connectivity index (χ4v) is 5.57. The summed E-state index contributed by atoms with van der Waals surface area (Å²) in [5.41, 5.74) is 2.55. The van der Waals surface area contributed by atoms with Crippen LogP contribution in [0.15, 0.2) is 41.8 Å². The van der Waals surface area contributed by atoms with Crippen LogP contribution < -0.4 is 0 Å². The number of rotatable bonds is 4.